The molecule has 1 aromatic heterocycles. The van der Waals surface area contributed by atoms with Crippen molar-refractivity contribution in [2.75, 3.05) is 38.3 Å². The molecule has 152 valence electrons. The molecular formula is C14H27N2O9P. The molecule has 0 radical (unpaired) electrons. The predicted octanol–water partition coefficient (Wildman–Crippen LogP) is -1.56. The Morgan fingerprint density at radius 2 is 1.69 bits per heavy atom. The van der Waals surface area contributed by atoms with Crippen molar-refractivity contribution in [1.82, 2.24) is 4.98 Å². The number of oxazole rings is 1. The monoisotopic (exact) mass is 398 g/mol. The van der Waals surface area contributed by atoms with Gasteiger partial charge in [-0.3, -0.25) is 4.57 Å². The number of anilines is 1. The maximum Gasteiger partial charge on any atom is 0.385 e. The first-order chi connectivity index (χ1) is 12.2. The van der Waals surface area contributed by atoms with E-state index in [1.54, 1.807) is 13.8 Å². The lowest BCUT2D eigenvalue weighted by molar-refractivity contribution is -0.112. The Labute approximate surface area is 151 Å². The van der Waals surface area contributed by atoms with Gasteiger partial charge in [0.1, 0.15) is 24.4 Å². The number of aromatic nitrogens is 1. The number of hydrogen-bond acceptors (Lipinski definition) is 11. The quantitative estimate of drug-likeness (QED) is 0.258. The van der Waals surface area contributed by atoms with E-state index >= 15 is 0 Å². The highest BCUT2D eigenvalue weighted by Crippen LogP contribution is 2.48. The van der Waals surface area contributed by atoms with Crippen molar-refractivity contribution >= 4 is 18.9 Å². The van der Waals surface area contributed by atoms with Crippen LogP contribution in [0.4, 0.5) is 5.88 Å². The molecule has 0 amide bonds. The minimum absolute atomic E-state index is 0.00122. The van der Waals surface area contributed by atoms with Gasteiger partial charge in [-0.2, -0.15) is 0 Å². The topological polar surface area (TPSA) is 166 Å². The molecule has 0 bridgehead atoms. The van der Waals surface area contributed by atoms with Gasteiger partial charge in [-0.05, 0) is 13.8 Å². The molecule has 1 heterocycles. The van der Waals surface area contributed by atoms with Crippen LogP contribution in [0.5, 0.6) is 0 Å². The molecule has 4 atom stereocenters. The summed E-state index contributed by atoms with van der Waals surface area (Å²) in [6.45, 7) is 2.46. The van der Waals surface area contributed by atoms with Crippen LogP contribution in [0.1, 0.15) is 13.8 Å². The second-order valence-corrected chi connectivity index (χ2v) is 7.43. The summed E-state index contributed by atoms with van der Waals surface area (Å²) in [7, 11) is -2.27. The Balaban J connectivity index is 2.94. The van der Waals surface area contributed by atoms with Crippen LogP contribution in [0.15, 0.2) is 10.8 Å². The summed E-state index contributed by atoms with van der Waals surface area (Å²) in [5.74, 6) is -0.00122. The normalized spacial score (nSPS) is 16.9. The Morgan fingerprint density at radius 3 is 2.19 bits per heavy atom. The molecule has 0 saturated heterocycles. The highest BCUT2D eigenvalue weighted by molar-refractivity contribution is 7.62. The van der Waals surface area contributed by atoms with Crippen molar-refractivity contribution in [3.63, 3.8) is 0 Å². The second kappa shape index (κ2) is 10.3. The number of aliphatic hydroxyl groups excluding tert-OH is 5. The molecule has 1 aromatic rings. The van der Waals surface area contributed by atoms with E-state index in [4.69, 9.17) is 18.6 Å². The van der Waals surface area contributed by atoms with Crippen molar-refractivity contribution in [3.05, 3.63) is 6.39 Å². The van der Waals surface area contributed by atoms with E-state index in [2.05, 4.69) is 4.98 Å². The van der Waals surface area contributed by atoms with Crippen molar-refractivity contribution < 1.29 is 43.6 Å². The first-order valence-corrected chi connectivity index (χ1v) is 9.63. The molecule has 5 N–H and O–H groups in total. The molecule has 0 aliphatic carbocycles. The van der Waals surface area contributed by atoms with Crippen LogP contribution in [0.25, 0.3) is 0 Å². The SMILES string of the molecule is CCOP(=O)(OCC)c1ncoc1N(C)CC(O)C(O)C(O)C(O)CO. The largest absolute Gasteiger partial charge is 0.427 e. The van der Waals surface area contributed by atoms with Crippen LogP contribution in [-0.2, 0) is 13.6 Å². The second-order valence-electron chi connectivity index (χ2n) is 5.49. The Hall–Kier alpha value is -1.04. The minimum atomic E-state index is -3.74. The van der Waals surface area contributed by atoms with E-state index in [9.17, 15) is 25.0 Å². The number of aliphatic hydroxyl groups is 5. The number of rotatable bonds is 12. The molecule has 0 aromatic carbocycles. The van der Waals surface area contributed by atoms with Crippen LogP contribution >= 0.6 is 7.60 Å². The van der Waals surface area contributed by atoms with Crippen LogP contribution in [-0.4, -0.2) is 88.3 Å². The third-order valence-electron chi connectivity index (χ3n) is 3.52. The number of hydrogen-bond donors (Lipinski definition) is 5. The molecule has 0 fully saturated rings. The summed E-state index contributed by atoms with van der Waals surface area (Å²) < 4.78 is 28.5. The Bertz CT molecular complexity index is 575. The maximum absolute atomic E-state index is 12.9. The van der Waals surface area contributed by atoms with Gasteiger partial charge in [0.05, 0.1) is 19.8 Å². The molecule has 0 aliphatic heterocycles. The third kappa shape index (κ3) is 5.48. The lowest BCUT2D eigenvalue weighted by atomic mass is 10.0. The van der Waals surface area contributed by atoms with Crippen molar-refractivity contribution in [3.8, 4) is 0 Å². The van der Waals surface area contributed by atoms with Gasteiger partial charge in [-0.1, -0.05) is 0 Å². The van der Waals surface area contributed by atoms with Gasteiger partial charge < -0.3 is 43.9 Å². The van der Waals surface area contributed by atoms with Gasteiger partial charge in [0, 0.05) is 13.6 Å². The molecule has 1 rings (SSSR count). The zero-order chi connectivity index (χ0) is 19.9. The zero-order valence-electron chi connectivity index (χ0n) is 14.9. The highest BCUT2D eigenvalue weighted by Gasteiger charge is 2.37. The predicted molar refractivity (Wildman–Crippen MR) is 91.4 cm³/mol. The van der Waals surface area contributed by atoms with Gasteiger partial charge in [-0.15, -0.1) is 0 Å². The standard InChI is InChI=1S/C14H27N2O9P/c1-4-24-26(22,25-5-2)13-14(23-8-15-13)16(3)6-9(18)11(20)12(21)10(19)7-17/h8-12,17-21H,4-7H2,1-3H3. The summed E-state index contributed by atoms with van der Waals surface area (Å²) in [5.41, 5.74) is -0.0821. The molecule has 0 spiro atoms. The molecule has 11 nitrogen and oxygen atoms in total. The van der Waals surface area contributed by atoms with Crippen molar-refractivity contribution in [2.45, 2.75) is 38.3 Å². The average molecular weight is 398 g/mol. The first-order valence-electron chi connectivity index (χ1n) is 8.09. The lowest BCUT2D eigenvalue weighted by Gasteiger charge is -2.28. The average Bonchev–Trinajstić information content (AvgIpc) is 3.10. The van der Waals surface area contributed by atoms with Crippen LogP contribution in [0, 0.1) is 0 Å². The van der Waals surface area contributed by atoms with Crippen LogP contribution in [0.2, 0.25) is 0 Å². The van der Waals surface area contributed by atoms with Crippen molar-refractivity contribution in [2.24, 2.45) is 0 Å². The molecule has 12 heteroatoms. The van der Waals surface area contributed by atoms with Gasteiger partial charge in [0.2, 0.25) is 11.3 Å². The Morgan fingerprint density at radius 1 is 1.15 bits per heavy atom. The smallest absolute Gasteiger partial charge is 0.385 e. The van der Waals surface area contributed by atoms with Crippen LogP contribution in [0.3, 0.4) is 0 Å². The third-order valence-corrected chi connectivity index (χ3v) is 5.54. The van der Waals surface area contributed by atoms with E-state index in [0.717, 1.165) is 6.39 Å². The highest BCUT2D eigenvalue weighted by atomic mass is 31.2. The van der Waals surface area contributed by atoms with E-state index in [1.165, 1.54) is 11.9 Å². The van der Waals surface area contributed by atoms with E-state index in [0.29, 0.717) is 0 Å². The van der Waals surface area contributed by atoms with Gasteiger partial charge in [-0.25, -0.2) is 4.98 Å². The summed E-state index contributed by atoms with van der Waals surface area (Å²) in [6, 6.07) is 0. The maximum atomic E-state index is 12.9. The minimum Gasteiger partial charge on any atom is -0.427 e. The van der Waals surface area contributed by atoms with Gasteiger partial charge in [0.15, 0.2) is 6.39 Å². The zero-order valence-corrected chi connectivity index (χ0v) is 15.8. The summed E-state index contributed by atoms with van der Waals surface area (Å²) >= 11 is 0. The summed E-state index contributed by atoms with van der Waals surface area (Å²) in [4.78, 5) is 5.19. The molecule has 0 aliphatic rings. The Kier molecular flexibility index (Phi) is 9.14. The fourth-order valence-corrected chi connectivity index (χ4v) is 3.86. The van der Waals surface area contributed by atoms with Crippen molar-refractivity contribution in [1.29, 1.82) is 0 Å². The summed E-state index contributed by atoms with van der Waals surface area (Å²) in [5, 5.41) is 47.8. The lowest BCUT2D eigenvalue weighted by Crippen LogP contribution is -2.49. The van der Waals surface area contributed by atoms with Gasteiger partial charge in [0.25, 0.3) is 0 Å². The van der Waals surface area contributed by atoms with E-state index in [-0.39, 0.29) is 31.1 Å². The summed E-state index contributed by atoms with van der Waals surface area (Å²) in [6.07, 6.45) is -5.58. The van der Waals surface area contributed by atoms with Crippen LogP contribution < -0.4 is 10.3 Å². The fraction of sp³-hybridized carbons (Fsp3) is 0.786. The molecule has 26 heavy (non-hydrogen) atoms. The fourth-order valence-electron chi connectivity index (χ4n) is 2.22. The van der Waals surface area contributed by atoms with Gasteiger partial charge >= 0.3 is 7.60 Å². The molecule has 4 unspecified atom stereocenters. The number of likely N-dealkylation sites (N-methyl/N-ethyl adjacent to an activating group) is 1. The van der Waals surface area contributed by atoms with E-state index < -0.39 is 38.6 Å². The first kappa shape index (κ1) is 23.0. The molecular weight excluding hydrogens is 371 g/mol. The molecule has 0 saturated carbocycles. The number of nitrogens with zero attached hydrogens (tertiary/aromatic N) is 2. The van der Waals surface area contributed by atoms with E-state index in [1.807, 2.05) is 0 Å².